The summed E-state index contributed by atoms with van der Waals surface area (Å²) in [4.78, 5) is 2.20. The SMILES string of the molecule is CCC(C(N)=NO)N(CC)Cc1ccccc1. The van der Waals surface area contributed by atoms with E-state index >= 15 is 0 Å². The van der Waals surface area contributed by atoms with Crippen LogP contribution in [0.15, 0.2) is 35.5 Å². The molecule has 4 heteroatoms. The molecule has 0 aromatic heterocycles. The molecule has 0 radical (unpaired) electrons. The fraction of sp³-hybridized carbons (Fsp3) is 0.462. The van der Waals surface area contributed by atoms with Crippen LogP contribution in [0.1, 0.15) is 25.8 Å². The quantitative estimate of drug-likeness (QED) is 0.343. The van der Waals surface area contributed by atoms with E-state index in [2.05, 4.69) is 29.1 Å². The van der Waals surface area contributed by atoms with Crippen LogP contribution >= 0.6 is 0 Å². The predicted molar refractivity (Wildman–Crippen MR) is 70.0 cm³/mol. The molecule has 0 saturated carbocycles. The third-order valence-electron chi connectivity index (χ3n) is 2.92. The van der Waals surface area contributed by atoms with E-state index in [1.54, 1.807) is 0 Å². The van der Waals surface area contributed by atoms with Gasteiger partial charge in [0.25, 0.3) is 0 Å². The van der Waals surface area contributed by atoms with E-state index in [1.807, 2.05) is 25.1 Å². The fourth-order valence-corrected chi connectivity index (χ4v) is 1.98. The Hall–Kier alpha value is -1.55. The molecule has 1 aromatic carbocycles. The Morgan fingerprint density at radius 3 is 2.47 bits per heavy atom. The summed E-state index contributed by atoms with van der Waals surface area (Å²) in [7, 11) is 0. The number of nitrogens with zero attached hydrogens (tertiary/aromatic N) is 2. The van der Waals surface area contributed by atoms with Crippen molar-refractivity contribution in [3.05, 3.63) is 35.9 Å². The van der Waals surface area contributed by atoms with Gasteiger partial charge in [-0.15, -0.1) is 0 Å². The van der Waals surface area contributed by atoms with Crippen LogP contribution in [0, 0.1) is 0 Å². The highest BCUT2D eigenvalue weighted by molar-refractivity contribution is 5.85. The predicted octanol–water partition coefficient (Wildman–Crippen LogP) is 2.03. The van der Waals surface area contributed by atoms with Crippen molar-refractivity contribution in [2.75, 3.05) is 6.54 Å². The van der Waals surface area contributed by atoms with E-state index in [-0.39, 0.29) is 11.9 Å². The van der Waals surface area contributed by atoms with Gasteiger partial charge in [-0.2, -0.15) is 0 Å². The Morgan fingerprint density at radius 2 is 2.00 bits per heavy atom. The normalized spacial score (nSPS) is 13.9. The topological polar surface area (TPSA) is 61.9 Å². The molecule has 0 aliphatic heterocycles. The maximum absolute atomic E-state index is 8.78. The second-order valence-corrected chi connectivity index (χ2v) is 4.00. The number of oxime groups is 1. The molecule has 0 spiro atoms. The van der Waals surface area contributed by atoms with Crippen molar-refractivity contribution < 1.29 is 5.21 Å². The molecule has 17 heavy (non-hydrogen) atoms. The maximum Gasteiger partial charge on any atom is 0.156 e. The lowest BCUT2D eigenvalue weighted by molar-refractivity contribution is 0.230. The summed E-state index contributed by atoms with van der Waals surface area (Å²) in [6.45, 7) is 5.79. The van der Waals surface area contributed by atoms with Crippen LogP contribution in [0.5, 0.6) is 0 Å². The average molecular weight is 235 g/mol. The second kappa shape index (κ2) is 6.91. The molecule has 1 aromatic rings. The monoisotopic (exact) mass is 235 g/mol. The number of rotatable bonds is 6. The van der Waals surface area contributed by atoms with Gasteiger partial charge in [0.05, 0.1) is 6.04 Å². The summed E-state index contributed by atoms with van der Waals surface area (Å²) in [5.41, 5.74) is 6.95. The number of likely N-dealkylation sites (N-methyl/N-ethyl adjacent to an activating group) is 1. The van der Waals surface area contributed by atoms with E-state index < -0.39 is 0 Å². The van der Waals surface area contributed by atoms with E-state index in [0.29, 0.717) is 0 Å². The van der Waals surface area contributed by atoms with Gasteiger partial charge in [-0.05, 0) is 18.5 Å². The molecular formula is C13H21N3O. The fourth-order valence-electron chi connectivity index (χ4n) is 1.98. The summed E-state index contributed by atoms with van der Waals surface area (Å²) in [5.74, 6) is 0.283. The highest BCUT2D eigenvalue weighted by atomic mass is 16.4. The van der Waals surface area contributed by atoms with Gasteiger partial charge >= 0.3 is 0 Å². The summed E-state index contributed by atoms with van der Waals surface area (Å²) in [5, 5.41) is 11.9. The minimum atomic E-state index is -0.00907. The molecule has 1 unspecified atom stereocenters. The van der Waals surface area contributed by atoms with E-state index in [1.165, 1.54) is 5.56 Å². The van der Waals surface area contributed by atoms with Crippen molar-refractivity contribution in [2.24, 2.45) is 10.9 Å². The number of nitrogens with two attached hydrogens (primary N) is 1. The first-order valence-corrected chi connectivity index (χ1v) is 5.98. The van der Waals surface area contributed by atoms with Gasteiger partial charge in [0, 0.05) is 6.54 Å². The molecule has 3 N–H and O–H groups in total. The Labute approximate surface area is 103 Å². The van der Waals surface area contributed by atoms with Crippen LogP contribution in [0.4, 0.5) is 0 Å². The Kier molecular flexibility index (Phi) is 5.49. The minimum absolute atomic E-state index is 0.00907. The van der Waals surface area contributed by atoms with Gasteiger partial charge in [-0.1, -0.05) is 49.3 Å². The number of benzene rings is 1. The average Bonchev–Trinajstić information content (AvgIpc) is 2.39. The van der Waals surface area contributed by atoms with Gasteiger partial charge in [-0.3, -0.25) is 4.90 Å². The third kappa shape index (κ3) is 3.75. The van der Waals surface area contributed by atoms with E-state index in [9.17, 15) is 0 Å². The first kappa shape index (κ1) is 13.5. The largest absolute Gasteiger partial charge is 0.409 e. The Bertz CT molecular complexity index is 351. The zero-order valence-corrected chi connectivity index (χ0v) is 10.5. The molecule has 4 nitrogen and oxygen atoms in total. The van der Waals surface area contributed by atoms with Crippen molar-refractivity contribution in [2.45, 2.75) is 32.9 Å². The van der Waals surface area contributed by atoms with Crippen LogP contribution in [-0.4, -0.2) is 28.5 Å². The molecule has 1 atom stereocenters. The smallest absolute Gasteiger partial charge is 0.156 e. The zero-order valence-electron chi connectivity index (χ0n) is 10.5. The number of hydrogen-bond donors (Lipinski definition) is 2. The molecule has 0 fully saturated rings. The van der Waals surface area contributed by atoms with Gasteiger partial charge < -0.3 is 10.9 Å². The molecule has 0 saturated heterocycles. The first-order valence-electron chi connectivity index (χ1n) is 5.98. The highest BCUT2D eigenvalue weighted by Crippen LogP contribution is 2.10. The van der Waals surface area contributed by atoms with Crippen molar-refractivity contribution in [1.82, 2.24) is 4.90 Å². The number of hydrogen-bond acceptors (Lipinski definition) is 3. The summed E-state index contributed by atoms with van der Waals surface area (Å²) in [6, 6.07) is 10.2. The lowest BCUT2D eigenvalue weighted by Crippen LogP contribution is -2.44. The van der Waals surface area contributed by atoms with Crippen LogP contribution in [0.2, 0.25) is 0 Å². The van der Waals surface area contributed by atoms with Crippen molar-refractivity contribution >= 4 is 5.84 Å². The molecule has 94 valence electrons. The summed E-state index contributed by atoms with van der Waals surface area (Å²) in [6.07, 6.45) is 0.830. The summed E-state index contributed by atoms with van der Waals surface area (Å²) < 4.78 is 0. The van der Waals surface area contributed by atoms with Crippen LogP contribution in [0.25, 0.3) is 0 Å². The lowest BCUT2D eigenvalue weighted by Gasteiger charge is -2.28. The van der Waals surface area contributed by atoms with E-state index in [4.69, 9.17) is 10.9 Å². The van der Waals surface area contributed by atoms with Gasteiger partial charge in [0.2, 0.25) is 0 Å². The molecule has 1 rings (SSSR count). The van der Waals surface area contributed by atoms with Crippen molar-refractivity contribution in [1.29, 1.82) is 0 Å². The number of amidine groups is 1. The molecule has 0 aliphatic rings. The molecule has 0 aliphatic carbocycles. The molecule has 0 amide bonds. The molecular weight excluding hydrogens is 214 g/mol. The van der Waals surface area contributed by atoms with Gasteiger partial charge in [0.1, 0.15) is 0 Å². The van der Waals surface area contributed by atoms with Crippen molar-refractivity contribution in [3.63, 3.8) is 0 Å². The van der Waals surface area contributed by atoms with Crippen LogP contribution < -0.4 is 5.73 Å². The summed E-state index contributed by atoms with van der Waals surface area (Å²) >= 11 is 0. The minimum Gasteiger partial charge on any atom is -0.409 e. The Morgan fingerprint density at radius 1 is 1.35 bits per heavy atom. The van der Waals surface area contributed by atoms with E-state index in [0.717, 1.165) is 19.5 Å². The Balaban J connectivity index is 2.77. The maximum atomic E-state index is 8.78. The second-order valence-electron chi connectivity index (χ2n) is 4.00. The van der Waals surface area contributed by atoms with Crippen LogP contribution in [-0.2, 0) is 6.54 Å². The van der Waals surface area contributed by atoms with Crippen molar-refractivity contribution in [3.8, 4) is 0 Å². The van der Waals surface area contributed by atoms with Crippen LogP contribution in [0.3, 0.4) is 0 Å². The molecule has 0 heterocycles. The van der Waals surface area contributed by atoms with Gasteiger partial charge in [-0.25, -0.2) is 0 Å². The lowest BCUT2D eigenvalue weighted by atomic mass is 10.1. The highest BCUT2D eigenvalue weighted by Gasteiger charge is 2.19. The first-order chi connectivity index (χ1) is 8.22. The molecule has 0 bridgehead atoms. The standard InChI is InChI=1S/C13H21N3O/c1-3-12(13(14)15-17)16(4-2)10-11-8-6-5-7-9-11/h5-9,12,17H,3-4,10H2,1-2H3,(H2,14,15). The third-order valence-corrected chi connectivity index (χ3v) is 2.92. The van der Waals surface area contributed by atoms with Gasteiger partial charge in [0.15, 0.2) is 5.84 Å². The zero-order chi connectivity index (χ0) is 12.7.